The molecule has 0 unspecified atom stereocenters. The Morgan fingerprint density at radius 2 is 1.04 bits per heavy atom. The van der Waals surface area contributed by atoms with Crippen LogP contribution >= 0.6 is 0 Å². The average Bonchev–Trinajstić information content (AvgIpc) is 2.70. The Labute approximate surface area is 167 Å². The minimum Gasteiger partial charge on any atom is -0.489 e. The third-order valence-electron chi connectivity index (χ3n) is 4.03. The molecule has 0 heterocycles. The van der Waals surface area contributed by atoms with Gasteiger partial charge in [-0.1, -0.05) is 26.0 Å². The van der Waals surface area contributed by atoms with Crippen LogP contribution in [0, 0.1) is 0 Å². The van der Waals surface area contributed by atoms with E-state index in [9.17, 15) is 0 Å². The number of nitrogen functional groups attached to an aromatic ring is 2. The summed E-state index contributed by atoms with van der Waals surface area (Å²) in [7, 11) is 0. The molecule has 0 aromatic heterocycles. The minimum absolute atomic E-state index is 0.460. The van der Waals surface area contributed by atoms with E-state index in [0.29, 0.717) is 49.3 Å². The lowest BCUT2D eigenvalue weighted by Gasteiger charge is -2.13. The van der Waals surface area contributed by atoms with Gasteiger partial charge in [0.2, 0.25) is 0 Å². The van der Waals surface area contributed by atoms with Gasteiger partial charge in [0.15, 0.2) is 0 Å². The zero-order chi connectivity index (χ0) is 20.2. The predicted molar refractivity (Wildman–Crippen MR) is 114 cm³/mol. The Kier molecular flexibility index (Phi) is 9.45. The topological polar surface area (TPSA) is 89.0 Å². The highest BCUT2D eigenvalue weighted by molar-refractivity contribution is 5.73. The standard InChI is InChI=1S/C22H32N2O4/c1-3-9-25-11-13-27-21-15-17(5-7-19(21)23)18-6-8-20(24)22(16-18)28-14-12-26-10-4-2/h5-8,15-16H,3-4,9-14,23-24H2,1-2H3. The summed E-state index contributed by atoms with van der Waals surface area (Å²) in [4.78, 5) is 0. The Hall–Kier alpha value is -2.44. The minimum atomic E-state index is 0.460. The lowest BCUT2D eigenvalue weighted by Crippen LogP contribution is -2.08. The quantitative estimate of drug-likeness (QED) is 0.396. The van der Waals surface area contributed by atoms with Crippen LogP contribution in [-0.2, 0) is 9.47 Å². The molecule has 4 N–H and O–H groups in total. The maximum absolute atomic E-state index is 6.04. The molecule has 28 heavy (non-hydrogen) atoms. The Bertz CT molecular complexity index is 660. The molecular formula is C22H32N2O4. The van der Waals surface area contributed by atoms with Gasteiger partial charge in [0, 0.05) is 13.2 Å². The molecule has 0 radical (unpaired) electrons. The van der Waals surface area contributed by atoms with Crippen molar-refractivity contribution in [2.45, 2.75) is 26.7 Å². The lowest BCUT2D eigenvalue weighted by atomic mass is 10.0. The van der Waals surface area contributed by atoms with Crippen LogP contribution < -0.4 is 20.9 Å². The van der Waals surface area contributed by atoms with Gasteiger partial charge in [0.1, 0.15) is 24.7 Å². The Balaban J connectivity index is 2.03. The van der Waals surface area contributed by atoms with Crippen molar-refractivity contribution in [3.8, 4) is 22.6 Å². The number of anilines is 2. The molecule has 0 aliphatic carbocycles. The van der Waals surface area contributed by atoms with Crippen molar-refractivity contribution in [1.29, 1.82) is 0 Å². The van der Waals surface area contributed by atoms with Gasteiger partial charge in [0.05, 0.1) is 24.6 Å². The normalized spacial score (nSPS) is 10.8. The predicted octanol–water partition coefficient (Wildman–Crippen LogP) is 4.13. The van der Waals surface area contributed by atoms with Crippen molar-refractivity contribution < 1.29 is 18.9 Å². The van der Waals surface area contributed by atoms with Gasteiger partial charge < -0.3 is 30.4 Å². The van der Waals surface area contributed by atoms with Crippen LogP contribution in [0.3, 0.4) is 0 Å². The van der Waals surface area contributed by atoms with Crippen molar-refractivity contribution in [2.24, 2.45) is 0 Å². The van der Waals surface area contributed by atoms with Crippen LogP contribution in [0.4, 0.5) is 11.4 Å². The van der Waals surface area contributed by atoms with Crippen LogP contribution in [0.25, 0.3) is 11.1 Å². The molecule has 0 saturated carbocycles. The third-order valence-corrected chi connectivity index (χ3v) is 4.03. The zero-order valence-corrected chi connectivity index (χ0v) is 16.9. The highest BCUT2D eigenvalue weighted by Gasteiger charge is 2.08. The van der Waals surface area contributed by atoms with Gasteiger partial charge in [-0.3, -0.25) is 0 Å². The molecule has 154 valence electrons. The summed E-state index contributed by atoms with van der Waals surface area (Å²) in [6.07, 6.45) is 1.98. The molecule has 2 aromatic carbocycles. The number of ether oxygens (including phenoxy) is 4. The molecule has 2 aromatic rings. The molecule has 0 atom stereocenters. The van der Waals surface area contributed by atoms with Crippen molar-refractivity contribution >= 4 is 11.4 Å². The lowest BCUT2D eigenvalue weighted by molar-refractivity contribution is 0.101. The molecule has 0 amide bonds. The van der Waals surface area contributed by atoms with E-state index >= 15 is 0 Å². The van der Waals surface area contributed by atoms with E-state index < -0.39 is 0 Å². The number of benzene rings is 2. The molecule has 0 spiro atoms. The first-order valence-corrected chi connectivity index (χ1v) is 9.86. The average molecular weight is 389 g/mol. The first-order chi connectivity index (χ1) is 13.7. The summed E-state index contributed by atoms with van der Waals surface area (Å²) < 4.78 is 22.4. The molecule has 6 heteroatoms. The van der Waals surface area contributed by atoms with Crippen molar-refractivity contribution in [1.82, 2.24) is 0 Å². The summed E-state index contributed by atoms with van der Waals surface area (Å²) in [5, 5.41) is 0. The van der Waals surface area contributed by atoms with Gasteiger partial charge in [-0.2, -0.15) is 0 Å². The summed E-state index contributed by atoms with van der Waals surface area (Å²) >= 11 is 0. The summed E-state index contributed by atoms with van der Waals surface area (Å²) in [6, 6.07) is 11.4. The Morgan fingerprint density at radius 3 is 1.43 bits per heavy atom. The van der Waals surface area contributed by atoms with Gasteiger partial charge in [-0.25, -0.2) is 0 Å². The fourth-order valence-electron chi connectivity index (χ4n) is 2.59. The third kappa shape index (κ3) is 6.94. The maximum Gasteiger partial charge on any atom is 0.142 e. The summed E-state index contributed by atoms with van der Waals surface area (Å²) in [5.74, 6) is 1.29. The maximum atomic E-state index is 6.04. The molecule has 0 aliphatic heterocycles. The van der Waals surface area contributed by atoms with Crippen LogP contribution in [0.2, 0.25) is 0 Å². The van der Waals surface area contributed by atoms with Crippen LogP contribution in [0.15, 0.2) is 36.4 Å². The first kappa shape index (κ1) is 21.9. The summed E-state index contributed by atoms with van der Waals surface area (Å²) in [6.45, 7) is 7.61. The van der Waals surface area contributed by atoms with Crippen molar-refractivity contribution in [3.63, 3.8) is 0 Å². The molecular weight excluding hydrogens is 356 g/mol. The van der Waals surface area contributed by atoms with Crippen LogP contribution in [0.1, 0.15) is 26.7 Å². The second-order valence-corrected chi connectivity index (χ2v) is 6.43. The molecule has 0 bridgehead atoms. The fourth-order valence-corrected chi connectivity index (χ4v) is 2.59. The molecule has 6 nitrogen and oxygen atoms in total. The zero-order valence-electron chi connectivity index (χ0n) is 16.9. The smallest absolute Gasteiger partial charge is 0.142 e. The van der Waals surface area contributed by atoms with Gasteiger partial charge in [-0.15, -0.1) is 0 Å². The van der Waals surface area contributed by atoms with E-state index in [0.717, 1.165) is 37.2 Å². The highest BCUT2D eigenvalue weighted by atomic mass is 16.5. The van der Waals surface area contributed by atoms with Crippen molar-refractivity contribution in [3.05, 3.63) is 36.4 Å². The van der Waals surface area contributed by atoms with Crippen LogP contribution in [-0.4, -0.2) is 39.6 Å². The highest BCUT2D eigenvalue weighted by Crippen LogP contribution is 2.33. The van der Waals surface area contributed by atoms with E-state index in [4.69, 9.17) is 30.4 Å². The molecule has 0 saturated heterocycles. The fraction of sp³-hybridized carbons (Fsp3) is 0.455. The van der Waals surface area contributed by atoms with Gasteiger partial charge >= 0.3 is 0 Å². The largest absolute Gasteiger partial charge is 0.489 e. The monoisotopic (exact) mass is 388 g/mol. The van der Waals surface area contributed by atoms with Gasteiger partial charge in [0.25, 0.3) is 0 Å². The number of nitrogens with two attached hydrogens (primary N) is 2. The summed E-state index contributed by atoms with van der Waals surface area (Å²) in [5.41, 5.74) is 15.2. The van der Waals surface area contributed by atoms with E-state index in [1.165, 1.54) is 0 Å². The molecule has 0 fully saturated rings. The SMILES string of the molecule is CCCOCCOc1cc(-c2ccc(N)c(OCCOCCC)c2)ccc1N. The van der Waals surface area contributed by atoms with Gasteiger partial charge in [-0.05, 0) is 48.2 Å². The number of hydrogen-bond acceptors (Lipinski definition) is 6. The second kappa shape index (κ2) is 12.1. The van der Waals surface area contributed by atoms with E-state index in [1.807, 2.05) is 36.4 Å². The van der Waals surface area contributed by atoms with E-state index in [2.05, 4.69) is 13.8 Å². The molecule has 0 aliphatic rings. The van der Waals surface area contributed by atoms with E-state index in [-0.39, 0.29) is 0 Å². The molecule has 2 rings (SSSR count). The van der Waals surface area contributed by atoms with E-state index in [1.54, 1.807) is 0 Å². The van der Waals surface area contributed by atoms with Crippen LogP contribution in [0.5, 0.6) is 11.5 Å². The van der Waals surface area contributed by atoms with Crippen molar-refractivity contribution in [2.75, 3.05) is 51.1 Å². The second-order valence-electron chi connectivity index (χ2n) is 6.43. The number of hydrogen-bond donors (Lipinski definition) is 2. The first-order valence-electron chi connectivity index (χ1n) is 9.86. The Morgan fingerprint density at radius 1 is 0.607 bits per heavy atom. The number of rotatable bonds is 13.